The average Bonchev–Trinajstić information content (AvgIpc) is 2.65. The van der Waals surface area contributed by atoms with Crippen LogP contribution in [0.1, 0.15) is 120 Å². The molecule has 2 aliphatic heterocycles. The molecule has 2 atom stereocenters. The van der Waals surface area contributed by atoms with E-state index in [1.807, 2.05) is 0 Å². The van der Waals surface area contributed by atoms with Gasteiger partial charge in [0.2, 0.25) is 0 Å². The second-order valence-electron chi connectivity index (χ2n) is 14.3. The van der Waals surface area contributed by atoms with Crippen molar-refractivity contribution in [3.05, 3.63) is 35.4 Å². The van der Waals surface area contributed by atoms with E-state index in [4.69, 9.17) is 0 Å². The van der Waals surface area contributed by atoms with Gasteiger partial charge in [-0.2, -0.15) is 0 Å². The Balaban J connectivity index is 0.000000235. The van der Waals surface area contributed by atoms with Crippen molar-refractivity contribution in [2.75, 3.05) is 13.1 Å². The van der Waals surface area contributed by atoms with Crippen molar-refractivity contribution in [1.82, 2.24) is 9.80 Å². The van der Waals surface area contributed by atoms with Crippen LogP contribution in [-0.2, 0) is 6.42 Å². The van der Waals surface area contributed by atoms with Crippen LogP contribution in [0.4, 0.5) is 0 Å². The predicted octanol–water partition coefficient (Wildman–Crippen LogP) is 8.12. The molecule has 1 saturated heterocycles. The van der Waals surface area contributed by atoms with Gasteiger partial charge in [0.15, 0.2) is 0 Å². The van der Waals surface area contributed by atoms with Crippen LogP contribution in [0.25, 0.3) is 0 Å². The van der Waals surface area contributed by atoms with E-state index >= 15 is 0 Å². The summed E-state index contributed by atoms with van der Waals surface area (Å²) in [4.78, 5) is 5.38. The number of hydrogen-bond donors (Lipinski definition) is 0. The van der Waals surface area contributed by atoms with Crippen molar-refractivity contribution in [1.29, 1.82) is 0 Å². The molecule has 2 unspecified atom stereocenters. The zero-order valence-electron chi connectivity index (χ0n) is 23.6. The molecule has 2 nitrogen and oxygen atoms in total. The van der Waals surface area contributed by atoms with E-state index in [2.05, 4.69) is 117 Å². The number of nitrogens with zero attached hydrogens (tertiary/aromatic N) is 2. The van der Waals surface area contributed by atoms with Crippen LogP contribution in [0.5, 0.6) is 0 Å². The summed E-state index contributed by atoms with van der Waals surface area (Å²) in [5.74, 6) is 0. The Kier molecular flexibility index (Phi) is 8.37. The molecule has 0 N–H and O–H groups in total. The second-order valence-corrected chi connectivity index (χ2v) is 14.3. The number of hydrogen-bond acceptors (Lipinski definition) is 2. The van der Waals surface area contributed by atoms with Gasteiger partial charge >= 0.3 is 0 Å². The first-order chi connectivity index (χ1) is 14.4. The highest BCUT2D eigenvalue weighted by molar-refractivity contribution is 5.34. The zero-order chi connectivity index (χ0) is 24.5. The van der Waals surface area contributed by atoms with Crippen molar-refractivity contribution < 1.29 is 0 Å². The number of likely N-dealkylation sites (tertiary alicyclic amines) is 1. The fraction of sp³-hybridized carbons (Fsp3) is 0.800. The third kappa shape index (κ3) is 6.83. The molecule has 0 radical (unpaired) electrons. The summed E-state index contributed by atoms with van der Waals surface area (Å²) in [7, 11) is 0. The lowest BCUT2D eigenvalue weighted by Gasteiger charge is -2.50. The Labute approximate surface area is 201 Å². The fourth-order valence-electron chi connectivity index (χ4n) is 5.86. The van der Waals surface area contributed by atoms with Crippen LogP contribution in [0.2, 0.25) is 0 Å². The summed E-state index contributed by atoms with van der Waals surface area (Å²) >= 11 is 0. The molecule has 184 valence electrons. The van der Waals surface area contributed by atoms with Gasteiger partial charge in [-0.15, -0.1) is 0 Å². The van der Waals surface area contributed by atoms with E-state index in [1.165, 1.54) is 49.9 Å². The lowest BCUT2D eigenvalue weighted by Crippen LogP contribution is -2.55. The van der Waals surface area contributed by atoms with E-state index in [0.29, 0.717) is 17.0 Å². The van der Waals surface area contributed by atoms with Crippen LogP contribution in [0.15, 0.2) is 24.3 Å². The number of rotatable bonds is 0. The van der Waals surface area contributed by atoms with Crippen LogP contribution >= 0.6 is 0 Å². The minimum Gasteiger partial charge on any atom is -0.295 e. The minimum atomic E-state index is 0.228. The third-order valence-electron chi connectivity index (χ3n) is 7.33. The summed E-state index contributed by atoms with van der Waals surface area (Å²) in [6.07, 6.45) is 5.35. The standard InChI is InChI=1S/C17H27N.C13H27N/c1-16(2,3)15-14-10-8-7-9-13(14)11-12-18(15)17(4,5)6;1-12(2,3)11-9-7-8-10-14(11)13(4,5)6/h7-10,15H,11-12H2,1-6H3;11H,7-10H2,1-6H3. The van der Waals surface area contributed by atoms with Crippen molar-refractivity contribution in [3.8, 4) is 0 Å². The smallest absolute Gasteiger partial charge is 0.0404 e. The molecule has 2 heteroatoms. The quantitative estimate of drug-likeness (QED) is 0.400. The maximum atomic E-state index is 2.70. The molecule has 1 aromatic rings. The lowest BCUT2D eigenvalue weighted by molar-refractivity contribution is -0.00414. The Morgan fingerprint density at radius 1 is 0.656 bits per heavy atom. The van der Waals surface area contributed by atoms with Gasteiger partial charge in [-0.1, -0.05) is 72.2 Å². The maximum absolute atomic E-state index is 2.70. The minimum absolute atomic E-state index is 0.228. The van der Waals surface area contributed by atoms with Crippen molar-refractivity contribution in [2.45, 2.75) is 132 Å². The van der Waals surface area contributed by atoms with E-state index in [9.17, 15) is 0 Å². The van der Waals surface area contributed by atoms with Gasteiger partial charge in [-0.05, 0) is 89.3 Å². The first-order valence-electron chi connectivity index (χ1n) is 13.1. The van der Waals surface area contributed by atoms with Crippen LogP contribution in [0, 0.1) is 10.8 Å². The van der Waals surface area contributed by atoms with Gasteiger partial charge < -0.3 is 0 Å². The SMILES string of the molecule is CC(C)(C)C1CCCCN1C(C)(C)C.CC(C)(C)C1c2ccccc2CCN1C(C)(C)C. The molecule has 32 heavy (non-hydrogen) atoms. The first kappa shape index (κ1) is 27.4. The number of piperidine rings is 1. The molecule has 1 aromatic carbocycles. The topological polar surface area (TPSA) is 6.48 Å². The van der Waals surface area contributed by atoms with Crippen molar-refractivity contribution in [2.24, 2.45) is 10.8 Å². The third-order valence-corrected chi connectivity index (χ3v) is 7.33. The van der Waals surface area contributed by atoms with E-state index in [1.54, 1.807) is 0 Å². The molecular weight excluding hydrogens is 388 g/mol. The summed E-state index contributed by atoms with van der Waals surface area (Å²) in [5.41, 5.74) is 4.32. The van der Waals surface area contributed by atoms with Crippen LogP contribution in [-0.4, -0.2) is 40.0 Å². The zero-order valence-corrected chi connectivity index (χ0v) is 23.6. The van der Waals surface area contributed by atoms with Gasteiger partial charge in [-0.3, -0.25) is 9.80 Å². The predicted molar refractivity (Wildman–Crippen MR) is 142 cm³/mol. The van der Waals surface area contributed by atoms with Gasteiger partial charge in [0.25, 0.3) is 0 Å². The molecule has 2 heterocycles. The highest BCUT2D eigenvalue weighted by atomic mass is 15.2. The van der Waals surface area contributed by atoms with Crippen molar-refractivity contribution >= 4 is 0 Å². The highest BCUT2D eigenvalue weighted by Gasteiger charge is 2.40. The molecule has 0 aromatic heterocycles. The monoisotopic (exact) mass is 442 g/mol. The van der Waals surface area contributed by atoms with E-state index in [0.717, 1.165) is 6.04 Å². The second kappa shape index (κ2) is 9.79. The summed E-state index contributed by atoms with van der Waals surface area (Å²) in [6, 6.07) is 10.3. The molecule has 0 amide bonds. The number of benzene rings is 1. The lowest BCUT2D eigenvalue weighted by atomic mass is 9.75. The molecular formula is C30H54N2. The Bertz CT molecular complexity index is 699. The van der Waals surface area contributed by atoms with E-state index < -0.39 is 0 Å². The largest absolute Gasteiger partial charge is 0.295 e. The van der Waals surface area contributed by atoms with Crippen LogP contribution < -0.4 is 0 Å². The average molecular weight is 443 g/mol. The summed E-state index contributed by atoms with van der Waals surface area (Å²) < 4.78 is 0. The number of fused-ring (bicyclic) bond motifs is 1. The molecule has 0 saturated carbocycles. The van der Waals surface area contributed by atoms with Gasteiger partial charge in [0.05, 0.1) is 0 Å². The Morgan fingerprint density at radius 2 is 1.22 bits per heavy atom. The highest BCUT2D eigenvalue weighted by Crippen LogP contribution is 2.45. The van der Waals surface area contributed by atoms with Gasteiger partial charge in [0, 0.05) is 29.7 Å². The van der Waals surface area contributed by atoms with Crippen molar-refractivity contribution in [3.63, 3.8) is 0 Å². The Morgan fingerprint density at radius 3 is 1.69 bits per heavy atom. The molecule has 1 fully saturated rings. The Hall–Kier alpha value is -0.860. The van der Waals surface area contributed by atoms with Gasteiger partial charge in [-0.25, -0.2) is 0 Å². The van der Waals surface area contributed by atoms with Crippen LogP contribution in [0.3, 0.4) is 0 Å². The first-order valence-corrected chi connectivity index (χ1v) is 13.1. The molecule has 0 spiro atoms. The molecule has 3 rings (SSSR count). The molecule has 0 bridgehead atoms. The maximum Gasteiger partial charge on any atom is 0.0404 e. The summed E-state index contributed by atoms with van der Waals surface area (Å²) in [6.45, 7) is 30.7. The summed E-state index contributed by atoms with van der Waals surface area (Å²) in [5, 5.41) is 0. The molecule has 2 aliphatic rings. The van der Waals surface area contributed by atoms with Gasteiger partial charge in [0.1, 0.15) is 0 Å². The van der Waals surface area contributed by atoms with E-state index in [-0.39, 0.29) is 11.0 Å². The fourth-order valence-corrected chi connectivity index (χ4v) is 5.86. The normalized spacial score (nSPS) is 23.9. The molecule has 0 aliphatic carbocycles.